The lowest BCUT2D eigenvalue weighted by atomic mass is 10.1. The summed E-state index contributed by atoms with van der Waals surface area (Å²) in [5.74, 6) is 0.209. The summed E-state index contributed by atoms with van der Waals surface area (Å²) in [6, 6.07) is 10.6. The monoisotopic (exact) mass is 271 g/mol. The number of carbonyl (C=O) groups excluding carboxylic acids is 1. The maximum absolute atomic E-state index is 11.8. The van der Waals surface area contributed by atoms with Gasteiger partial charge in [0.15, 0.2) is 0 Å². The second kappa shape index (κ2) is 5.67. The Hall–Kier alpha value is -1.81. The number of fused-ring (bicyclic) bond motifs is 1. The molecule has 1 saturated heterocycles. The third-order valence-electron chi connectivity index (χ3n) is 4.07. The van der Waals surface area contributed by atoms with Crippen molar-refractivity contribution in [2.75, 3.05) is 13.1 Å². The van der Waals surface area contributed by atoms with E-state index in [1.165, 1.54) is 10.9 Å². The highest BCUT2D eigenvalue weighted by molar-refractivity contribution is 5.80. The van der Waals surface area contributed by atoms with Crippen molar-refractivity contribution in [1.29, 1.82) is 0 Å². The Morgan fingerprint density at radius 3 is 2.90 bits per heavy atom. The molecule has 0 aliphatic carbocycles. The van der Waals surface area contributed by atoms with E-state index in [1.54, 1.807) is 0 Å². The van der Waals surface area contributed by atoms with E-state index in [4.69, 9.17) is 5.73 Å². The number of piperidine rings is 1. The zero-order valence-electron chi connectivity index (χ0n) is 11.7. The molecular weight excluding hydrogens is 250 g/mol. The number of amides is 1. The van der Waals surface area contributed by atoms with E-state index in [0.29, 0.717) is 6.42 Å². The number of nitrogens with two attached hydrogens (primary N) is 1. The van der Waals surface area contributed by atoms with Crippen molar-refractivity contribution >= 4 is 16.8 Å². The lowest BCUT2D eigenvalue weighted by molar-refractivity contribution is -0.133. The quantitative estimate of drug-likeness (QED) is 0.924. The molecule has 1 amide bonds. The summed E-state index contributed by atoms with van der Waals surface area (Å²) in [6.45, 7) is 2.59. The molecule has 1 aromatic carbocycles. The fourth-order valence-corrected chi connectivity index (χ4v) is 2.91. The molecule has 4 nitrogen and oxygen atoms in total. The molecule has 0 spiro atoms. The fourth-order valence-electron chi connectivity index (χ4n) is 2.91. The average molecular weight is 271 g/mol. The van der Waals surface area contributed by atoms with Crippen molar-refractivity contribution in [3.63, 3.8) is 0 Å². The van der Waals surface area contributed by atoms with Gasteiger partial charge in [-0.2, -0.15) is 0 Å². The molecule has 106 valence electrons. The van der Waals surface area contributed by atoms with Gasteiger partial charge in [-0.25, -0.2) is 0 Å². The number of nitrogens with zero attached hydrogens (tertiary/aromatic N) is 2. The molecule has 0 bridgehead atoms. The molecule has 2 N–H and O–H groups in total. The predicted molar refractivity (Wildman–Crippen MR) is 80.3 cm³/mol. The molecule has 4 heteroatoms. The zero-order valence-corrected chi connectivity index (χ0v) is 11.7. The summed E-state index contributed by atoms with van der Waals surface area (Å²) in [5.41, 5.74) is 7.07. The fraction of sp³-hybridized carbons (Fsp3) is 0.438. The van der Waals surface area contributed by atoms with E-state index < -0.39 is 0 Å². The first-order valence-corrected chi connectivity index (χ1v) is 7.31. The van der Waals surface area contributed by atoms with Gasteiger partial charge in [0.2, 0.25) is 5.91 Å². The van der Waals surface area contributed by atoms with Crippen molar-refractivity contribution in [2.24, 2.45) is 5.73 Å². The Bertz CT molecular complexity index is 605. The van der Waals surface area contributed by atoms with E-state index in [-0.39, 0.29) is 11.9 Å². The van der Waals surface area contributed by atoms with Gasteiger partial charge in [0, 0.05) is 43.8 Å². The highest BCUT2D eigenvalue weighted by Gasteiger charge is 2.22. The molecule has 1 aliphatic heterocycles. The first kappa shape index (κ1) is 13.2. The Kier molecular flexibility index (Phi) is 3.74. The van der Waals surface area contributed by atoms with E-state index in [0.717, 1.165) is 32.5 Å². The van der Waals surface area contributed by atoms with Crippen LogP contribution in [-0.2, 0) is 11.3 Å². The summed E-state index contributed by atoms with van der Waals surface area (Å²) in [5, 5.41) is 1.27. The SMILES string of the molecule is NC1CCN(CCCn2ccc3ccccc32)C(=O)C1. The van der Waals surface area contributed by atoms with Crippen molar-refractivity contribution in [3.05, 3.63) is 36.5 Å². The van der Waals surface area contributed by atoms with E-state index in [9.17, 15) is 4.79 Å². The number of hydrogen-bond acceptors (Lipinski definition) is 2. The molecule has 1 unspecified atom stereocenters. The Balaban J connectivity index is 1.56. The lowest BCUT2D eigenvalue weighted by Crippen LogP contribution is -2.44. The normalized spacial score (nSPS) is 19.8. The van der Waals surface area contributed by atoms with Crippen molar-refractivity contribution in [3.8, 4) is 0 Å². The summed E-state index contributed by atoms with van der Waals surface area (Å²) in [4.78, 5) is 13.8. The van der Waals surface area contributed by atoms with Crippen LogP contribution in [0.15, 0.2) is 36.5 Å². The number of benzene rings is 1. The number of para-hydroxylation sites is 1. The number of carbonyl (C=O) groups is 1. The van der Waals surface area contributed by atoms with Crippen LogP contribution in [0.5, 0.6) is 0 Å². The van der Waals surface area contributed by atoms with Crippen LogP contribution in [0.4, 0.5) is 0 Å². The molecule has 2 aromatic rings. The highest BCUT2D eigenvalue weighted by atomic mass is 16.2. The Morgan fingerprint density at radius 2 is 2.05 bits per heavy atom. The summed E-state index contributed by atoms with van der Waals surface area (Å²) >= 11 is 0. The molecule has 1 fully saturated rings. The molecule has 0 radical (unpaired) electrons. The van der Waals surface area contributed by atoms with Crippen molar-refractivity contribution in [2.45, 2.75) is 31.8 Å². The number of aromatic nitrogens is 1. The maximum atomic E-state index is 11.8. The molecule has 2 heterocycles. The third kappa shape index (κ3) is 2.70. The highest BCUT2D eigenvalue weighted by Crippen LogP contribution is 2.16. The van der Waals surface area contributed by atoms with Gasteiger partial charge < -0.3 is 15.2 Å². The third-order valence-corrected chi connectivity index (χ3v) is 4.07. The smallest absolute Gasteiger partial charge is 0.224 e. The summed E-state index contributed by atoms with van der Waals surface area (Å²) in [7, 11) is 0. The van der Waals surface area contributed by atoms with E-state index >= 15 is 0 Å². The van der Waals surface area contributed by atoms with Gasteiger partial charge in [-0.15, -0.1) is 0 Å². The van der Waals surface area contributed by atoms with Crippen LogP contribution >= 0.6 is 0 Å². The predicted octanol–water partition coefficient (Wildman–Crippen LogP) is 1.98. The number of rotatable bonds is 4. The second-order valence-electron chi connectivity index (χ2n) is 5.56. The number of hydrogen-bond donors (Lipinski definition) is 1. The lowest BCUT2D eigenvalue weighted by Gasteiger charge is -2.30. The first-order valence-electron chi connectivity index (χ1n) is 7.31. The van der Waals surface area contributed by atoms with Crippen LogP contribution in [-0.4, -0.2) is 34.5 Å². The molecule has 1 aromatic heterocycles. The standard InChI is InChI=1S/C16H21N3O/c17-14-7-11-19(16(20)12-14)9-3-8-18-10-6-13-4-1-2-5-15(13)18/h1-2,4-6,10,14H,3,7-9,11-12,17H2. The zero-order chi connectivity index (χ0) is 13.9. The topological polar surface area (TPSA) is 51.3 Å². The molecule has 3 rings (SSSR count). The molecule has 1 atom stereocenters. The van der Waals surface area contributed by atoms with Crippen LogP contribution in [0.1, 0.15) is 19.3 Å². The minimum atomic E-state index is 0.0622. The average Bonchev–Trinajstić information content (AvgIpc) is 2.85. The Labute approximate surface area is 119 Å². The van der Waals surface area contributed by atoms with Crippen molar-refractivity contribution in [1.82, 2.24) is 9.47 Å². The van der Waals surface area contributed by atoms with E-state index in [1.807, 2.05) is 4.90 Å². The van der Waals surface area contributed by atoms with Crippen LogP contribution in [0.3, 0.4) is 0 Å². The number of likely N-dealkylation sites (tertiary alicyclic amines) is 1. The second-order valence-corrected chi connectivity index (χ2v) is 5.56. The minimum Gasteiger partial charge on any atom is -0.347 e. The van der Waals surface area contributed by atoms with Crippen LogP contribution in [0.2, 0.25) is 0 Å². The largest absolute Gasteiger partial charge is 0.347 e. The molecular formula is C16H21N3O. The van der Waals surface area contributed by atoms with Gasteiger partial charge in [0.1, 0.15) is 0 Å². The summed E-state index contributed by atoms with van der Waals surface area (Å²) in [6.07, 6.45) is 4.54. The van der Waals surface area contributed by atoms with Gasteiger partial charge in [0.25, 0.3) is 0 Å². The molecule has 0 saturated carbocycles. The first-order chi connectivity index (χ1) is 9.74. The van der Waals surface area contributed by atoms with Crippen molar-refractivity contribution < 1.29 is 4.79 Å². The molecule has 1 aliphatic rings. The Morgan fingerprint density at radius 1 is 1.20 bits per heavy atom. The van der Waals surface area contributed by atoms with Crippen LogP contribution in [0.25, 0.3) is 10.9 Å². The van der Waals surface area contributed by atoms with Gasteiger partial charge in [-0.3, -0.25) is 4.79 Å². The molecule has 20 heavy (non-hydrogen) atoms. The minimum absolute atomic E-state index is 0.0622. The van der Waals surface area contributed by atoms with Gasteiger partial charge in [-0.05, 0) is 30.4 Å². The van der Waals surface area contributed by atoms with Gasteiger partial charge in [-0.1, -0.05) is 18.2 Å². The van der Waals surface area contributed by atoms with Gasteiger partial charge in [0.05, 0.1) is 0 Å². The summed E-state index contributed by atoms with van der Waals surface area (Å²) < 4.78 is 2.26. The van der Waals surface area contributed by atoms with Crippen LogP contribution in [0, 0.1) is 0 Å². The number of aryl methyl sites for hydroxylation is 1. The van der Waals surface area contributed by atoms with Gasteiger partial charge >= 0.3 is 0 Å². The van der Waals surface area contributed by atoms with Crippen LogP contribution < -0.4 is 5.73 Å². The van der Waals surface area contributed by atoms with E-state index in [2.05, 4.69) is 41.1 Å². The maximum Gasteiger partial charge on any atom is 0.224 e.